The average molecular weight is 299 g/mol. The fourth-order valence-corrected chi connectivity index (χ4v) is 3.79. The van der Waals surface area contributed by atoms with E-state index in [1.165, 1.54) is 23.5 Å². The van der Waals surface area contributed by atoms with Crippen LogP contribution in [0, 0.1) is 0 Å². The lowest BCUT2D eigenvalue weighted by molar-refractivity contribution is 0.182. The van der Waals surface area contributed by atoms with Gasteiger partial charge in [-0.2, -0.15) is 11.8 Å². The molecule has 0 aromatic heterocycles. The Balaban J connectivity index is 2.24. The lowest BCUT2D eigenvalue weighted by Gasteiger charge is -2.34. The highest BCUT2D eigenvalue weighted by Crippen LogP contribution is 2.29. The Morgan fingerprint density at radius 1 is 1.37 bits per heavy atom. The van der Waals surface area contributed by atoms with Gasteiger partial charge in [0.05, 0.1) is 0 Å². The number of nitrogens with zero attached hydrogens (tertiary/aromatic N) is 1. The fraction of sp³-hybridized carbons (Fsp3) is 0.600. The van der Waals surface area contributed by atoms with Gasteiger partial charge in [0, 0.05) is 29.4 Å². The third kappa shape index (κ3) is 4.12. The predicted molar refractivity (Wildman–Crippen MR) is 86.0 cm³/mol. The van der Waals surface area contributed by atoms with Crippen molar-refractivity contribution in [3.8, 4) is 0 Å². The number of benzene rings is 1. The third-order valence-electron chi connectivity index (χ3n) is 3.72. The zero-order valence-electron chi connectivity index (χ0n) is 11.5. The molecule has 0 saturated carbocycles. The van der Waals surface area contributed by atoms with E-state index in [-0.39, 0.29) is 6.04 Å². The molecule has 1 fully saturated rings. The molecular weight excluding hydrogens is 276 g/mol. The first kappa shape index (κ1) is 15.2. The van der Waals surface area contributed by atoms with Crippen LogP contribution >= 0.6 is 23.4 Å². The highest BCUT2D eigenvalue weighted by molar-refractivity contribution is 7.99. The summed E-state index contributed by atoms with van der Waals surface area (Å²) < 4.78 is 0. The molecule has 0 spiro atoms. The zero-order valence-corrected chi connectivity index (χ0v) is 13.1. The number of hydrogen-bond donors (Lipinski definition) is 1. The van der Waals surface area contributed by atoms with E-state index in [0.717, 1.165) is 24.5 Å². The molecule has 4 heteroatoms. The summed E-state index contributed by atoms with van der Waals surface area (Å²) in [5, 5.41) is 0.801. The predicted octanol–water partition coefficient (Wildman–Crippen LogP) is 3.56. The number of halogens is 1. The molecule has 0 bridgehead atoms. The summed E-state index contributed by atoms with van der Waals surface area (Å²) in [6, 6.07) is 8.64. The van der Waals surface area contributed by atoms with Gasteiger partial charge in [0.15, 0.2) is 0 Å². The molecular formula is C15H23ClN2S. The summed E-state index contributed by atoms with van der Waals surface area (Å²) >= 11 is 8.19. The molecule has 1 saturated heterocycles. The Bertz CT molecular complexity index is 391. The minimum absolute atomic E-state index is 0.168. The van der Waals surface area contributed by atoms with Gasteiger partial charge >= 0.3 is 0 Å². The van der Waals surface area contributed by atoms with Gasteiger partial charge in [-0.3, -0.25) is 4.90 Å². The normalized spacial score (nSPS) is 20.8. The van der Waals surface area contributed by atoms with Gasteiger partial charge in [0.2, 0.25) is 0 Å². The molecule has 2 N–H and O–H groups in total. The van der Waals surface area contributed by atoms with Gasteiger partial charge in [0.25, 0.3) is 0 Å². The summed E-state index contributed by atoms with van der Waals surface area (Å²) in [5.41, 5.74) is 7.65. The molecule has 2 rings (SSSR count). The van der Waals surface area contributed by atoms with E-state index in [1.807, 2.05) is 23.9 Å². The van der Waals surface area contributed by atoms with Crippen LogP contribution in [-0.2, 0) is 0 Å². The molecule has 0 aliphatic carbocycles. The Morgan fingerprint density at radius 3 is 2.95 bits per heavy atom. The van der Waals surface area contributed by atoms with Crippen molar-refractivity contribution in [3.63, 3.8) is 0 Å². The van der Waals surface area contributed by atoms with Crippen molar-refractivity contribution in [2.45, 2.75) is 31.8 Å². The fourth-order valence-electron chi connectivity index (χ4n) is 2.69. The van der Waals surface area contributed by atoms with Gasteiger partial charge in [0.1, 0.15) is 0 Å². The Labute approximate surface area is 125 Å². The highest BCUT2D eigenvalue weighted by atomic mass is 35.5. The van der Waals surface area contributed by atoms with E-state index in [0.29, 0.717) is 6.04 Å². The van der Waals surface area contributed by atoms with Crippen molar-refractivity contribution in [1.82, 2.24) is 4.90 Å². The second kappa shape index (κ2) is 7.53. The van der Waals surface area contributed by atoms with E-state index >= 15 is 0 Å². The molecule has 1 aliphatic rings. The standard InChI is InChI=1S/C15H23ClN2S/c1-2-14(17)15(12-5-3-6-13(16)11-12)18-7-4-9-19-10-8-18/h3,5-6,11,14-15H,2,4,7-10,17H2,1H3. The van der Waals surface area contributed by atoms with E-state index < -0.39 is 0 Å². The monoisotopic (exact) mass is 298 g/mol. The minimum Gasteiger partial charge on any atom is -0.326 e. The lowest BCUT2D eigenvalue weighted by Crippen LogP contribution is -2.42. The minimum atomic E-state index is 0.168. The van der Waals surface area contributed by atoms with E-state index in [1.54, 1.807) is 0 Å². The van der Waals surface area contributed by atoms with Crippen molar-refractivity contribution in [2.24, 2.45) is 5.73 Å². The molecule has 19 heavy (non-hydrogen) atoms. The van der Waals surface area contributed by atoms with Gasteiger partial charge in [-0.15, -0.1) is 0 Å². The quantitative estimate of drug-likeness (QED) is 0.921. The first-order valence-electron chi connectivity index (χ1n) is 7.05. The van der Waals surface area contributed by atoms with E-state index in [4.69, 9.17) is 17.3 Å². The molecule has 2 atom stereocenters. The summed E-state index contributed by atoms with van der Waals surface area (Å²) in [7, 11) is 0. The van der Waals surface area contributed by atoms with Crippen molar-refractivity contribution in [2.75, 3.05) is 24.6 Å². The number of nitrogens with two attached hydrogens (primary N) is 1. The van der Waals surface area contributed by atoms with Gasteiger partial charge < -0.3 is 5.73 Å². The van der Waals surface area contributed by atoms with Crippen LogP contribution in [0.3, 0.4) is 0 Å². The average Bonchev–Trinajstić information content (AvgIpc) is 2.68. The van der Waals surface area contributed by atoms with Crippen LogP contribution in [0.2, 0.25) is 5.02 Å². The summed E-state index contributed by atoms with van der Waals surface area (Å²) in [6.07, 6.45) is 2.24. The SMILES string of the molecule is CCC(N)C(c1cccc(Cl)c1)N1CCCSCC1. The molecule has 0 amide bonds. The second-order valence-electron chi connectivity index (χ2n) is 5.07. The Morgan fingerprint density at radius 2 is 2.21 bits per heavy atom. The Hall–Kier alpha value is -0.220. The van der Waals surface area contributed by atoms with Crippen LogP contribution in [0.25, 0.3) is 0 Å². The van der Waals surface area contributed by atoms with Crippen molar-refractivity contribution >= 4 is 23.4 Å². The summed E-state index contributed by atoms with van der Waals surface area (Å²) in [6.45, 7) is 4.42. The van der Waals surface area contributed by atoms with Crippen LogP contribution < -0.4 is 5.73 Å². The van der Waals surface area contributed by atoms with E-state index in [9.17, 15) is 0 Å². The van der Waals surface area contributed by atoms with Crippen LogP contribution in [0.5, 0.6) is 0 Å². The maximum atomic E-state index is 6.39. The molecule has 0 radical (unpaired) electrons. The van der Waals surface area contributed by atoms with Crippen molar-refractivity contribution < 1.29 is 0 Å². The molecule has 2 unspecified atom stereocenters. The molecule has 1 aromatic rings. The van der Waals surface area contributed by atoms with Gasteiger partial charge in [-0.05, 0) is 42.8 Å². The zero-order chi connectivity index (χ0) is 13.7. The van der Waals surface area contributed by atoms with Crippen LogP contribution in [0.4, 0.5) is 0 Å². The van der Waals surface area contributed by atoms with E-state index in [2.05, 4.69) is 24.0 Å². The Kier molecular flexibility index (Phi) is 6.02. The van der Waals surface area contributed by atoms with Gasteiger partial charge in [-0.1, -0.05) is 30.7 Å². The number of thioether (sulfide) groups is 1. The first-order chi connectivity index (χ1) is 9.22. The molecule has 1 aromatic carbocycles. The summed E-state index contributed by atoms with van der Waals surface area (Å²) in [5.74, 6) is 2.47. The third-order valence-corrected chi connectivity index (χ3v) is 5.00. The topological polar surface area (TPSA) is 29.3 Å². The largest absolute Gasteiger partial charge is 0.326 e. The molecule has 106 valence electrons. The maximum absolute atomic E-state index is 6.39. The lowest BCUT2D eigenvalue weighted by atomic mass is 9.96. The van der Waals surface area contributed by atoms with Crippen molar-refractivity contribution in [3.05, 3.63) is 34.9 Å². The van der Waals surface area contributed by atoms with Crippen LogP contribution in [0.15, 0.2) is 24.3 Å². The smallest absolute Gasteiger partial charge is 0.0499 e. The second-order valence-corrected chi connectivity index (χ2v) is 6.74. The molecule has 1 aliphatic heterocycles. The summed E-state index contributed by atoms with van der Waals surface area (Å²) in [4.78, 5) is 2.54. The van der Waals surface area contributed by atoms with Crippen molar-refractivity contribution in [1.29, 1.82) is 0 Å². The first-order valence-corrected chi connectivity index (χ1v) is 8.58. The highest BCUT2D eigenvalue weighted by Gasteiger charge is 2.26. The van der Waals surface area contributed by atoms with Crippen LogP contribution in [-0.4, -0.2) is 35.5 Å². The number of rotatable bonds is 4. The van der Waals surface area contributed by atoms with Gasteiger partial charge in [-0.25, -0.2) is 0 Å². The van der Waals surface area contributed by atoms with Crippen LogP contribution in [0.1, 0.15) is 31.4 Å². The molecule has 1 heterocycles. The maximum Gasteiger partial charge on any atom is 0.0499 e. The number of hydrogen-bond acceptors (Lipinski definition) is 3. The molecule has 2 nitrogen and oxygen atoms in total.